The molecule has 176 valence electrons. The molecule has 0 saturated heterocycles. The SMILES string of the molecule is C=CCOc1ccc(C2c3c(oc4cc(C)c(C)cc4c3=O)C(=O)N2Cc2ccc(C)cc2)cc1. The second-order valence-corrected chi connectivity index (χ2v) is 9.10. The molecule has 0 spiro atoms. The Bertz CT molecular complexity index is 1500. The van der Waals surface area contributed by atoms with Crippen LogP contribution in [0.4, 0.5) is 0 Å². The number of benzene rings is 3. The number of ether oxygens (including phenoxy) is 1. The van der Waals surface area contributed by atoms with Crippen LogP contribution in [-0.4, -0.2) is 17.4 Å². The number of nitrogens with zero attached hydrogens (tertiary/aromatic N) is 1. The highest BCUT2D eigenvalue weighted by Crippen LogP contribution is 2.39. The van der Waals surface area contributed by atoms with Crippen molar-refractivity contribution in [3.8, 4) is 5.75 Å². The van der Waals surface area contributed by atoms with E-state index in [1.165, 1.54) is 0 Å². The van der Waals surface area contributed by atoms with E-state index < -0.39 is 6.04 Å². The molecular formula is C30H27NO4. The van der Waals surface area contributed by atoms with Crippen molar-refractivity contribution in [3.05, 3.63) is 123 Å². The van der Waals surface area contributed by atoms with Crippen molar-refractivity contribution in [2.24, 2.45) is 0 Å². The Morgan fingerprint density at radius 3 is 2.34 bits per heavy atom. The fraction of sp³-hybridized carbons (Fsp3) is 0.200. The van der Waals surface area contributed by atoms with E-state index in [2.05, 4.69) is 6.58 Å². The molecule has 0 bridgehead atoms. The highest BCUT2D eigenvalue weighted by atomic mass is 16.5. The van der Waals surface area contributed by atoms with E-state index in [0.29, 0.717) is 35.4 Å². The molecular weight excluding hydrogens is 438 g/mol. The molecule has 5 nitrogen and oxygen atoms in total. The monoisotopic (exact) mass is 465 g/mol. The molecule has 0 fully saturated rings. The van der Waals surface area contributed by atoms with Gasteiger partial charge in [0.1, 0.15) is 17.9 Å². The molecule has 0 saturated carbocycles. The lowest BCUT2D eigenvalue weighted by atomic mass is 9.97. The molecule has 5 rings (SSSR count). The van der Waals surface area contributed by atoms with E-state index >= 15 is 0 Å². The first-order chi connectivity index (χ1) is 16.9. The molecule has 1 aliphatic heterocycles. The van der Waals surface area contributed by atoms with E-state index in [1.54, 1.807) is 11.0 Å². The molecule has 0 radical (unpaired) electrons. The van der Waals surface area contributed by atoms with Gasteiger partial charge in [0.25, 0.3) is 5.91 Å². The zero-order valence-electron chi connectivity index (χ0n) is 20.1. The second kappa shape index (κ2) is 8.91. The zero-order chi connectivity index (χ0) is 24.7. The molecule has 1 unspecified atom stereocenters. The van der Waals surface area contributed by atoms with Gasteiger partial charge in [0.15, 0.2) is 5.43 Å². The maximum Gasteiger partial charge on any atom is 0.291 e. The van der Waals surface area contributed by atoms with Crippen LogP contribution in [0.25, 0.3) is 11.0 Å². The van der Waals surface area contributed by atoms with Gasteiger partial charge in [0, 0.05) is 6.54 Å². The Kier molecular flexibility index (Phi) is 5.77. The first kappa shape index (κ1) is 22.7. The molecule has 3 aromatic carbocycles. The van der Waals surface area contributed by atoms with Gasteiger partial charge in [0.05, 0.1) is 17.0 Å². The lowest BCUT2D eigenvalue weighted by Gasteiger charge is -2.25. The van der Waals surface area contributed by atoms with Crippen molar-refractivity contribution < 1.29 is 13.9 Å². The van der Waals surface area contributed by atoms with Crippen LogP contribution in [0.3, 0.4) is 0 Å². The Hall–Kier alpha value is -4.12. The average Bonchev–Trinajstić information content (AvgIpc) is 3.12. The van der Waals surface area contributed by atoms with E-state index in [4.69, 9.17) is 9.15 Å². The van der Waals surface area contributed by atoms with Gasteiger partial charge in [-0.2, -0.15) is 0 Å². The standard InChI is InChI=1S/C30H27NO4/c1-5-14-34-23-12-10-22(11-13-23)27-26-28(32)24-15-19(3)20(4)16-25(24)35-29(26)30(33)31(27)17-21-8-6-18(2)7-9-21/h5-13,15-16,27H,1,14,17H2,2-4H3. The van der Waals surface area contributed by atoms with Crippen molar-refractivity contribution in [2.45, 2.75) is 33.4 Å². The fourth-order valence-electron chi connectivity index (χ4n) is 4.58. The highest BCUT2D eigenvalue weighted by molar-refractivity contribution is 5.99. The second-order valence-electron chi connectivity index (χ2n) is 9.10. The fourth-order valence-corrected chi connectivity index (χ4v) is 4.58. The number of aryl methyl sites for hydroxylation is 3. The lowest BCUT2D eigenvalue weighted by Crippen LogP contribution is -2.29. The van der Waals surface area contributed by atoms with Gasteiger partial charge in [0.2, 0.25) is 5.76 Å². The normalized spacial score (nSPS) is 14.9. The lowest BCUT2D eigenvalue weighted by molar-refractivity contribution is 0.0714. The Labute approximate surface area is 204 Å². The summed E-state index contributed by atoms with van der Waals surface area (Å²) < 4.78 is 11.7. The summed E-state index contributed by atoms with van der Waals surface area (Å²) in [4.78, 5) is 29.2. The van der Waals surface area contributed by atoms with Gasteiger partial charge >= 0.3 is 0 Å². The summed E-state index contributed by atoms with van der Waals surface area (Å²) in [6.45, 7) is 10.4. The van der Waals surface area contributed by atoms with Crippen molar-refractivity contribution in [1.82, 2.24) is 4.90 Å². The van der Waals surface area contributed by atoms with Crippen LogP contribution in [0.15, 0.2) is 82.5 Å². The molecule has 35 heavy (non-hydrogen) atoms. The van der Waals surface area contributed by atoms with Crippen LogP contribution in [0, 0.1) is 20.8 Å². The predicted molar refractivity (Wildman–Crippen MR) is 137 cm³/mol. The summed E-state index contributed by atoms with van der Waals surface area (Å²) in [5, 5.41) is 0.493. The molecule has 0 aliphatic carbocycles. The van der Waals surface area contributed by atoms with Gasteiger partial charge in [-0.15, -0.1) is 0 Å². The number of hydrogen-bond donors (Lipinski definition) is 0. The van der Waals surface area contributed by atoms with Gasteiger partial charge in [-0.3, -0.25) is 9.59 Å². The highest BCUT2D eigenvalue weighted by Gasteiger charge is 2.42. The number of carbonyl (C=O) groups is 1. The first-order valence-corrected chi connectivity index (χ1v) is 11.7. The minimum Gasteiger partial charge on any atom is -0.490 e. The minimum absolute atomic E-state index is 0.120. The molecule has 4 aromatic rings. The molecule has 0 N–H and O–H groups in total. The Morgan fingerprint density at radius 2 is 1.66 bits per heavy atom. The summed E-state index contributed by atoms with van der Waals surface area (Å²) in [7, 11) is 0. The summed E-state index contributed by atoms with van der Waals surface area (Å²) in [6, 6.07) is 18.7. The molecule has 1 atom stereocenters. The van der Waals surface area contributed by atoms with Crippen molar-refractivity contribution >= 4 is 16.9 Å². The van der Waals surface area contributed by atoms with Crippen LogP contribution in [-0.2, 0) is 6.54 Å². The summed E-state index contributed by atoms with van der Waals surface area (Å²) >= 11 is 0. The number of carbonyl (C=O) groups excluding carboxylic acids is 1. The zero-order valence-corrected chi connectivity index (χ0v) is 20.1. The Morgan fingerprint density at radius 1 is 0.971 bits per heavy atom. The largest absolute Gasteiger partial charge is 0.490 e. The first-order valence-electron chi connectivity index (χ1n) is 11.7. The van der Waals surface area contributed by atoms with Crippen LogP contribution >= 0.6 is 0 Å². The molecule has 5 heteroatoms. The minimum atomic E-state index is -0.561. The predicted octanol–water partition coefficient (Wildman–Crippen LogP) is 6.03. The van der Waals surface area contributed by atoms with E-state index in [-0.39, 0.29) is 17.1 Å². The third kappa shape index (κ3) is 4.03. The molecule has 1 aliphatic rings. The van der Waals surface area contributed by atoms with Crippen molar-refractivity contribution in [3.63, 3.8) is 0 Å². The summed E-state index contributed by atoms with van der Waals surface area (Å²) in [5.74, 6) is 0.532. The third-order valence-corrected chi connectivity index (χ3v) is 6.62. The molecule has 1 amide bonds. The van der Waals surface area contributed by atoms with Crippen molar-refractivity contribution in [1.29, 1.82) is 0 Å². The molecule has 2 heterocycles. The van der Waals surface area contributed by atoms with Crippen LogP contribution in [0.5, 0.6) is 5.75 Å². The Balaban J connectivity index is 1.67. The van der Waals surface area contributed by atoms with Gasteiger partial charge in [-0.1, -0.05) is 54.6 Å². The smallest absolute Gasteiger partial charge is 0.291 e. The van der Waals surface area contributed by atoms with Crippen LogP contribution < -0.4 is 10.2 Å². The number of amides is 1. The van der Waals surface area contributed by atoms with Crippen LogP contribution in [0.1, 0.15) is 50.0 Å². The van der Waals surface area contributed by atoms with Crippen LogP contribution in [0.2, 0.25) is 0 Å². The topological polar surface area (TPSA) is 59.8 Å². The van der Waals surface area contributed by atoms with E-state index in [1.807, 2.05) is 81.4 Å². The summed E-state index contributed by atoms with van der Waals surface area (Å²) in [6.07, 6.45) is 1.68. The average molecular weight is 466 g/mol. The van der Waals surface area contributed by atoms with E-state index in [9.17, 15) is 9.59 Å². The van der Waals surface area contributed by atoms with Crippen molar-refractivity contribution in [2.75, 3.05) is 6.61 Å². The van der Waals surface area contributed by atoms with E-state index in [0.717, 1.165) is 27.8 Å². The number of rotatable bonds is 6. The number of hydrogen-bond acceptors (Lipinski definition) is 4. The van der Waals surface area contributed by atoms with Gasteiger partial charge in [-0.05, 0) is 67.3 Å². The summed E-state index contributed by atoms with van der Waals surface area (Å²) in [5.41, 5.74) is 5.63. The third-order valence-electron chi connectivity index (χ3n) is 6.62. The van der Waals surface area contributed by atoms with Gasteiger partial charge < -0.3 is 14.1 Å². The maximum absolute atomic E-state index is 13.8. The maximum atomic E-state index is 13.8. The van der Waals surface area contributed by atoms with Gasteiger partial charge in [-0.25, -0.2) is 0 Å². The number of fused-ring (bicyclic) bond motifs is 2. The molecule has 1 aromatic heterocycles. The quantitative estimate of drug-likeness (QED) is 0.326.